The zero-order valence-electron chi connectivity index (χ0n) is 12.3. The van der Waals surface area contributed by atoms with Crippen LogP contribution in [0.4, 0.5) is 10.1 Å². The highest BCUT2D eigenvalue weighted by Gasteiger charge is 2.38. The van der Waals surface area contributed by atoms with Gasteiger partial charge in [-0.3, -0.25) is 9.59 Å². The average Bonchev–Trinajstić information content (AvgIpc) is 3.00. The molecule has 0 bridgehead atoms. The van der Waals surface area contributed by atoms with Gasteiger partial charge < -0.3 is 15.5 Å². The summed E-state index contributed by atoms with van der Waals surface area (Å²) >= 11 is 0. The number of nitrogens with one attached hydrogen (secondary N) is 2. The Hall–Kier alpha value is -1.66. The first kappa shape index (κ1) is 16.7. The van der Waals surface area contributed by atoms with E-state index in [1.165, 1.54) is 25.1 Å². The molecule has 2 N–H and O–H groups in total. The van der Waals surface area contributed by atoms with Gasteiger partial charge in [0.25, 0.3) is 5.91 Å². The molecule has 22 heavy (non-hydrogen) atoms. The highest BCUT2D eigenvalue weighted by atomic mass is 35.5. The Morgan fingerprint density at radius 3 is 2.50 bits per heavy atom. The highest BCUT2D eigenvalue weighted by molar-refractivity contribution is 5.97. The number of amides is 2. The van der Waals surface area contributed by atoms with E-state index in [4.69, 9.17) is 0 Å². The molecule has 2 heterocycles. The first-order valence-electron chi connectivity index (χ1n) is 7.11. The lowest BCUT2D eigenvalue weighted by Crippen LogP contribution is -2.32. The lowest BCUT2D eigenvalue weighted by molar-refractivity contribution is -0.114. The summed E-state index contributed by atoms with van der Waals surface area (Å²) in [7, 11) is 0. The van der Waals surface area contributed by atoms with Gasteiger partial charge >= 0.3 is 0 Å². The summed E-state index contributed by atoms with van der Waals surface area (Å²) in [6, 6.07) is 4.08. The monoisotopic (exact) mass is 327 g/mol. The number of halogens is 2. The Balaban J connectivity index is 0.00000176. The van der Waals surface area contributed by atoms with Gasteiger partial charge in [-0.05, 0) is 30.0 Å². The Bertz CT molecular complexity index is 584. The molecule has 5 nitrogen and oxygen atoms in total. The molecule has 0 unspecified atom stereocenters. The molecule has 2 amide bonds. The average molecular weight is 328 g/mol. The van der Waals surface area contributed by atoms with E-state index in [9.17, 15) is 14.0 Å². The van der Waals surface area contributed by atoms with Crippen LogP contribution in [-0.4, -0.2) is 42.9 Å². The predicted octanol–water partition coefficient (Wildman–Crippen LogP) is 1.50. The smallest absolute Gasteiger partial charge is 0.256 e. The van der Waals surface area contributed by atoms with Gasteiger partial charge in [0.15, 0.2) is 0 Å². The molecule has 2 aliphatic rings. The molecule has 0 aliphatic carbocycles. The maximum absolute atomic E-state index is 13.9. The molecule has 1 aromatic rings. The van der Waals surface area contributed by atoms with Crippen molar-refractivity contribution in [2.45, 2.75) is 6.92 Å². The standard InChI is InChI=1S/C15H18FN3O2.ClH/c1-9(20)18-12-2-3-14(16)13(4-12)15(21)19-7-10-5-17-6-11(10)8-19;/h2-4,10-11,17H,5-8H2,1H3,(H,18,20);1H/t10-,11+;. The number of anilines is 1. The normalized spacial score (nSPS) is 22.9. The Labute approximate surface area is 134 Å². The molecule has 120 valence electrons. The zero-order valence-corrected chi connectivity index (χ0v) is 13.1. The molecule has 0 aromatic heterocycles. The number of rotatable bonds is 2. The van der Waals surface area contributed by atoms with Crippen LogP contribution in [0.3, 0.4) is 0 Å². The number of fused-ring (bicyclic) bond motifs is 1. The van der Waals surface area contributed by atoms with Crippen LogP contribution in [0, 0.1) is 17.7 Å². The summed E-state index contributed by atoms with van der Waals surface area (Å²) in [5, 5.41) is 5.88. The van der Waals surface area contributed by atoms with Crippen LogP contribution in [-0.2, 0) is 4.79 Å². The molecule has 2 aliphatic heterocycles. The van der Waals surface area contributed by atoms with Crippen LogP contribution in [0.2, 0.25) is 0 Å². The molecule has 3 rings (SSSR count). The molecule has 2 saturated heterocycles. The third-order valence-corrected chi connectivity index (χ3v) is 4.19. The maximum Gasteiger partial charge on any atom is 0.256 e. The van der Waals surface area contributed by atoms with Gasteiger partial charge in [-0.15, -0.1) is 12.4 Å². The van der Waals surface area contributed by atoms with Crippen molar-refractivity contribution in [3.63, 3.8) is 0 Å². The van der Waals surface area contributed by atoms with Crippen molar-refractivity contribution in [1.82, 2.24) is 10.2 Å². The lowest BCUT2D eigenvalue weighted by Gasteiger charge is -2.18. The molecule has 0 saturated carbocycles. The van der Waals surface area contributed by atoms with E-state index in [1.54, 1.807) is 4.90 Å². The Kier molecular flexibility index (Phi) is 5.03. The second-order valence-corrected chi connectivity index (χ2v) is 5.76. The van der Waals surface area contributed by atoms with Crippen molar-refractivity contribution in [2.75, 3.05) is 31.5 Å². The van der Waals surface area contributed by atoms with Gasteiger partial charge in [0.05, 0.1) is 5.56 Å². The van der Waals surface area contributed by atoms with Crippen LogP contribution in [0.5, 0.6) is 0 Å². The van der Waals surface area contributed by atoms with Crippen LogP contribution in [0.25, 0.3) is 0 Å². The van der Waals surface area contributed by atoms with Crippen molar-refractivity contribution in [3.8, 4) is 0 Å². The number of likely N-dealkylation sites (tertiary alicyclic amines) is 1. The van der Waals surface area contributed by atoms with Crippen molar-refractivity contribution >= 4 is 29.9 Å². The van der Waals surface area contributed by atoms with E-state index in [1.807, 2.05) is 0 Å². The predicted molar refractivity (Wildman–Crippen MR) is 83.7 cm³/mol. The third-order valence-electron chi connectivity index (χ3n) is 4.19. The van der Waals surface area contributed by atoms with Gasteiger partial charge in [-0.25, -0.2) is 4.39 Å². The number of carbonyl (C=O) groups is 2. The third kappa shape index (κ3) is 3.23. The summed E-state index contributed by atoms with van der Waals surface area (Å²) in [6.45, 7) is 4.55. The van der Waals surface area contributed by atoms with Gasteiger partial charge in [0.1, 0.15) is 5.82 Å². The van der Waals surface area contributed by atoms with Crippen LogP contribution >= 0.6 is 12.4 Å². The van der Waals surface area contributed by atoms with Gasteiger partial charge in [0, 0.05) is 38.8 Å². The summed E-state index contributed by atoms with van der Waals surface area (Å²) in [5.41, 5.74) is 0.461. The number of hydrogen-bond acceptors (Lipinski definition) is 3. The van der Waals surface area contributed by atoms with E-state index in [0.29, 0.717) is 30.6 Å². The minimum atomic E-state index is -0.552. The van der Waals surface area contributed by atoms with E-state index in [0.717, 1.165) is 13.1 Å². The quantitative estimate of drug-likeness (QED) is 0.865. The molecule has 0 spiro atoms. The van der Waals surface area contributed by atoms with Crippen molar-refractivity contribution in [1.29, 1.82) is 0 Å². The Morgan fingerprint density at radius 1 is 1.27 bits per heavy atom. The molecule has 2 fully saturated rings. The lowest BCUT2D eigenvalue weighted by atomic mass is 10.0. The minimum Gasteiger partial charge on any atom is -0.338 e. The minimum absolute atomic E-state index is 0. The molecular formula is C15H19ClFN3O2. The molecule has 0 radical (unpaired) electrons. The number of hydrogen-bond donors (Lipinski definition) is 2. The molecule has 7 heteroatoms. The van der Waals surface area contributed by atoms with E-state index >= 15 is 0 Å². The fourth-order valence-electron chi connectivity index (χ4n) is 3.16. The van der Waals surface area contributed by atoms with Gasteiger partial charge in [-0.2, -0.15) is 0 Å². The summed E-state index contributed by atoms with van der Waals surface area (Å²) in [6.07, 6.45) is 0. The van der Waals surface area contributed by atoms with E-state index < -0.39 is 5.82 Å². The molecular weight excluding hydrogens is 309 g/mol. The second kappa shape index (κ2) is 6.62. The molecule has 1 aromatic carbocycles. The second-order valence-electron chi connectivity index (χ2n) is 5.76. The van der Waals surface area contributed by atoms with Crippen molar-refractivity contribution < 1.29 is 14.0 Å². The van der Waals surface area contributed by atoms with Crippen LogP contribution < -0.4 is 10.6 Å². The van der Waals surface area contributed by atoms with Crippen LogP contribution in [0.15, 0.2) is 18.2 Å². The highest BCUT2D eigenvalue weighted by Crippen LogP contribution is 2.28. The Morgan fingerprint density at radius 2 is 1.91 bits per heavy atom. The van der Waals surface area contributed by atoms with Gasteiger partial charge in [0.2, 0.25) is 5.91 Å². The zero-order chi connectivity index (χ0) is 15.0. The number of nitrogens with zero attached hydrogens (tertiary/aromatic N) is 1. The summed E-state index contributed by atoms with van der Waals surface area (Å²) < 4.78 is 13.9. The number of carbonyl (C=O) groups excluding carboxylic acids is 2. The van der Waals surface area contributed by atoms with Crippen LogP contribution in [0.1, 0.15) is 17.3 Å². The largest absolute Gasteiger partial charge is 0.338 e. The topological polar surface area (TPSA) is 61.4 Å². The van der Waals surface area contributed by atoms with E-state index in [-0.39, 0.29) is 29.8 Å². The molecule has 2 atom stereocenters. The number of benzene rings is 1. The summed E-state index contributed by atoms with van der Waals surface area (Å²) in [4.78, 5) is 25.3. The maximum atomic E-state index is 13.9. The fraction of sp³-hybridized carbons (Fsp3) is 0.467. The fourth-order valence-corrected chi connectivity index (χ4v) is 3.16. The first-order valence-corrected chi connectivity index (χ1v) is 7.11. The van der Waals surface area contributed by atoms with Gasteiger partial charge in [-0.1, -0.05) is 0 Å². The van der Waals surface area contributed by atoms with Crippen molar-refractivity contribution in [2.24, 2.45) is 11.8 Å². The SMILES string of the molecule is CC(=O)Nc1ccc(F)c(C(=O)N2C[C@H]3CNC[C@H]3C2)c1.Cl. The summed E-state index contributed by atoms with van der Waals surface area (Å²) in [5.74, 6) is -0.161. The first-order chi connectivity index (χ1) is 10.0. The van der Waals surface area contributed by atoms with E-state index in [2.05, 4.69) is 10.6 Å². The van der Waals surface area contributed by atoms with Crippen molar-refractivity contribution in [3.05, 3.63) is 29.6 Å².